The van der Waals surface area contributed by atoms with Gasteiger partial charge in [-0.25, -0.2) is 13.8 Å². The summed E-state index contributed by atoms with van der Waals surface area (Å²) in [6, 6.07) is 12.0. The number of halogens is 2. The fraction of sp³-hybridized carbons (Fsp3) is 0.231. The van der Waals surface area contributed by atoms with E-state index in [2.05, 4.69) is 22.1 Å². The van der Waals surface area contributed by atoms with E-state index in [1.54, 1.807) is 51.1 Å². The molecule has 0 spiro atoms. The standard InChI is InChI=1S/C26H24F2N2O3/c1-16-12-18(10-11-26(2,3)33)13-22(29-16)25(32)30-24(19-6-4-17(15-27)5-7-19)21-14-20(28)8-9-23(21)31/h4-9,12-14,24,31,33H,15H2,1-3H3,(H,30,32). The number of aliphatic hydroxyl groups is 1. The molecule has 1 amide bonds. The highest BCUT2D eigenvalue weighted by Gasteiger charge is 2.22. The first-order valence-corrected chi connectivity index (χ1v) is 10.2. The Labute approximate surface area is 191 Å². The Morgan fingerprint density at radius 2 is 1.85 bits per heavy atom. The number of nitrogens with zero attached hydrogens (tertiary/aromatic N) is 1. The predicted octanol–water partition coefficient (Wildman–Crippen LogP) is 4.35. The minimum atomic E-state index is -1.20. The van der Waals surface area contributed by atoms with Gasteiger partial charge in [-0.05, 0) is 62.2 Å². The Balaban J connectivity index is 2.00. The van der Waals surface area contributed by atoms with Crippen molar-refractivity contribution >= 4 is 5.91 Å². The van der Waals surface area contributed by atoms with Gasteiger partial charge in [0.1, 0.15) is 29.5 Å². The van der Waals surface area contributed by atoms with Gasteiger partial charge in [0.05, 0.1) is 6.04 Å². The molecule has 0 saturated carbocycles. The molecule has 170 valence electrons. The van der Waals surface area contributed by atoms with Gasteiger partial charge in [-0.1, -0.05) is 36.1 Å². The van der Waals surface area contributed by atoms with Crippen molar-refractivity contribution in [2.75, 3.05) is 0 Å². The zero-order chi connectivity index (χ0) is 24.2. The van der Waals surface area contributed by atoms with Gasteiger partial charge in [0, 0.05) is 16.8 Å². The first kappa shape index (κ1) is 23.9. The van der Waals surface area contributed by atoms with E-state index in [1.165, 1.54) is 12.1 Å². The van der Waals surface area contributed by atoms with Crippen molar-refractivity contribution in [2.24, 2.45) is 0 Å². The third-order valence-electron chi connectivity index (χ3n) is 4.74. The molecule has 1 atom stereocenters. The highest BCUT2D eigenvalue weighted by Crippen LogP contribution is 2.30. The lowest BCUT2D eigenvalue weighted by Crippen LogP contribution is -2.30. The predicted molar refractivity (Wildman–Crippen MR) is 121 cm³/mol. The average Bonchev–Trinajstić information content (AvgIpc) is 2.77. The Morgan fingerprint density at radius 1 is 1.15 bits per heavy atom. The molecule has 0 saturated heterocycles. The normalized spacial score (nSPS) is 11.9. The third kappa shape index (κ3) is 6.37. The number of nitrogens with one attached hydrogen (secondary N) is 1. The van der Waals surface area contributed by atoms with Crippen LogP contribution >= 0.6 is 0 Å². The Kier molecular flexibility index (Phi) is 7.10. The number of aromatic nitrogens is 1. The highest BCUT2D eigenvalue weighted by atomic mass is 19.1. The largest absolute Gasteiger partial charge is 0.508 e. The average molecular weight is 450 g/mol. The van der Waals surface area contributed by atoms with Gasteiger partial charge in [0.15, 0.2) is 0 Å². The summed E-state index contributed by atoms with van der Waals surface area (Å²) in [5, 5.41) is 23.0. The molecule has 3 aromatic rings. The Morgan fingerprint density at radius 3 is 2.48 bits per heavy atom. The molecule has 0 radical (unpaired) electrons. The number of alkyl halides is 1. The van der Waals surface area contributed by atoms with Gasteiger partial charge in [-0.3, -0.25) is 4.79 Å². The first-order valence-electron chi connectivity index (χ1n) is 10.2. The lowest BCUT2D eigenvalue weighted by atomic mass is 9.96. The second-order valence-corrected chi connectivity index (χ2v) is 8.18. The van der Waals surface area contributed by atoms with Gasteiger partial charge in [-0.15, -0.1) is 0 Å². The minimum absolute atomic E-state index is 0.0660. The second kappa shape index (κ2) is 9.80. The van der Waals surface area contributed by atoms with Crippen molar-refractivity contribution in [2.45, 2.75) is 39.1 Å². The smallest absolute Gasteiger partial charge is 0.270 e. The van der Waals surface area contributed by atoms with Crippen molar-refractivity contribution in [1.82, 2.24) is 10.3 Å². The number of aryl methyl sites for hydroxylation is 1. The molecule has 3 N–H and O–H groups in total. The van der Waals surface area contributed by atoms with Crippen LogP contribution in [0.1, 0.15) is 58.3 Å². The molecule has 1 aromatic heterocycles. The van der Waals surface area contributed by atoms with Crippen LogP contribution in [0.3, 0.4) is 0 Å². The number of benzene rings is 2. The molecule has 1 unspecified atom stereocenters. The number of hydrogen-bond acceptors (Lipinski definition) is 4. The van der Waals surface area contributed by atoms with Gasteiger partial charge >= 0.3 is 0 Å². The summed E-state index contributed by atoms with van der Waals surface area (Å²) < 4.78 is 26.9. The lowest BCUT2D eigenvalue weighted by molar-refractivity contribution is 0.0937. The maximum Gasteiger partial charge on any atom is 0.270 e. The van der Waals surface area contributed by atoms with Crippen molar-refractivity contribution in [3.63, 3.8) is 0 Å². The molecule has 0 aliphatic heterocycles. The van der Waals surface area contributed by atoms with Crippen molar-refractivity contribution in [3.8, 4) is 17.6 Å². The summed E-state index contributed by atoms with van der Waals surface area (Å²) in [6.07, 6.45) is 0. The number of hydrogen-bond donors (Lipinski definition) is 3. The van der Waals surface area contributed by atoms with Crippen molar-refractivity contribution in [3.05, 3.63) is 94.1 Å². The van der Waals surface area contributed by atoms with Gasteiger partial charge in [0.2, 0.25) is 0 Å². The Hall–Kier alpha value is -3.76. The summed E-state index contributed by atoms with van der Waals surface area (Å²) in [4.78, 5) is 17.4. The van der Waals surface area contributed by atoms with Crippen LogP contribution in [-0.4, -0.2) is 26.7 Å². The zero-order valence-corrected chi connectivity index (χ0v) is 18.5. The number of carbonyl (C=O) groups excluding carboxylic acids is 1. The molecule has 0 aliphatic rings. The summed E-state index contributed by atoms with van der Waals surface area (Å²) in [7, 11) is 0. The van der Waals surface area contributed by atoms with E-state index in [4.69, 9.17) is 0 Å². The molecule has 0 bridgehead atoms. The number of phenolic OH excluding ortho intramolecular Hbond substituents is 1. The summed E-state index contributed by atoms with van der Waals surface area (Å²) >= 11 is 0. The van der Waals surface area contributed by atoms with Gasteiger partial charge < -0.3 is 15.5 Å². The molecule has 2 aromatic carbocycles. The van der Waals surface area contributed by atoms with Gasteiger partial charge in [-0.2, -0.15) is 0 Å². The molecule has 0 fully saturated rings. The third-order valence-corrected chi connectivity index (χ3v) is 4.74. The SMILES string of the molecule is Cc1cc(C#CC(C)(C)O)cc(C(=O)NC(c2ccc(CF)cc2)c2cc(F)ccc2O)n1. The van der Waals surface area contributed by atoms with Crippen molar-refractivity contribution in [1.29, 1.82) is 0 Å². The van der Waals surface area contributed by atoms with E-state index in [0.29, 0.717) is 22.4 Å². The van der Waals surface area contributed by atoms with Crippen LogP contribution in [0.4, 0.5) is 8.78 Å². The molecule has 3 rings (SSSR count). The molecular weight excluding hydrogens is 426 g/mol. The second-order valence-electron chi connectivity index (χ2n) is 8.18. The molecule has 5 nitrogen and oxygen atoms in total. The molecule has 7 heteroatoms. The zero-order valence-electron chi connectivity index (χ0n) is 18.5. The van der Waals surface area contributed by atoms with E-state index in [-0.39, 0.29) is 17.0 Å². The summed E-state index contributed by atoms with van der Waals surface area (Å²) in [5.41, 5.74) is 1.01. The maximum atomic E-state index is 14.0. The molecular formula is C26H24F2N2O3. The molecule has 1 heterocycles. The van der Waals surface area contributed by atoms with E-state index in [1.807, 2.05) is 0 Å². The van der Waals surface area contributed by atoms with Crippen LogP contribution in [0.25, 0.3) is 0 Å². The number of rotatable bonds is 5. The topological polar surface area (TPSA) is 82.5 Å². The van der Waals surface area contributed by atoms with E-state index in [0.717, 1.165) is 12.1 Å². The fourth-order valence-electron chi connectivity index (χ4n) is 3.18. The maximum absolute atomic E-state index is 14.0. The molecule has 0 aliphatic carbocycles. The van der Waals surface area contributed by atoms with Crippen LogP contribution in [0.15, 0.2) is 54.6 Å². The number of pyridine rings is 1. The number of carbonyl (C=O) groups is 1. The van der Waals surface area contributed by atoms with Crippen LogP contribution in [-0.2, 0) is 6.67 Å². The van der Waals surface area contributed by atoms with E-state index < -0.39 is 30.0 Å². The number of phenols is 1. The summed E-state index contributed by atoms with van der Waals surface area (Å²) in [6.45, 7) is 4.15. The van der Waals surface area contributed by atoms with E-state index in [9.17, 15) is 23.8 Å². The van der Waals surface area contributed by atoms with Crippen LogP contribution in [0.5, 0.6) is 5.75 Å². The summed E-state index contributed by atoms with van der Waals surface area (Å²) in [5.74, 6) is 4.15. The monoisotopic (exact) mass is 450 g/mol. The van der Waals surface area contributed by atoms with Crippen molar-refractivity contribution < 1.29 is 23.8 Å². The first-order chi connectivity index (χ1) is 15.6. The number of aromatic hydroxyl groups is 1. The highest BCUT2D eigenvalue weighted by molar-refractivity contribution is 5.93. The lowest BCUT2D eigenvalue weighted by Gasteiger charge is -2.21. The fourth-order valence-corrected chi connectivity index (χ4v) is 3.18. The minimum Gasteiger partial charge on any atom is -0.508 e. The van der Waals surface area contributed by atoms with E-state index >= 15 is 0 Å². The Bertz CT molecular complexity index is 1220. The number of amides is 1. The quantitative estimate of drug-likeness (QED) is 0.505. The van der Waals surface area contributed by atoms with Crippen LogP contribution < -0.4 is 5.32 Å². The van der Waals surface area contributed by atoms with Crippen LogP contribution in [0, 0.1) is 24.6 Å². The van der Waals surface area contributed by atoms with Crippen LogP contribution in [0.2, 0.25) is 0 Å². The van der Waals surface area contributed by atoms with Gasteiger partial charge in [0.25, 0.3) is 5.91 Å². The molecule has 33 heavy (non-hydrogen) atoms.